The van der Waals surface area contributed by atoms with E-state index in [0.717, 1.165) is 11.1 Å². The molecule has 1 atom stereocenters. The topological polar surface area (TPSA) is 70.5 Å². The largest absolute Gasteiger partial charge is 0.507 e. The number of carbonyl (C=O) groups is 2. The summed E-state index contributed by atoms with van der Waals surface area (Å²) in [5.41, 5.74) is 3.29. The van der Waals surface area contributed by atoms with Crippen LogP contribution in [-0.4, -0.2) is 21.8 Å². The van der Waals surface area contributed by atoms with Crippen LogP contribution in [0.4, 0.5) is 10.1 Å². The molecule has 0 radical (unpaired) electrons. The highest BCUT2D eigenvalue weighted by Crippen LogP contribution is 2.43. The van der Waals surface area contributed by atoms with E-state index in [1.807, 2.05) is 26.0 Å². The van der Waals surface area contributed by atoms with Gasteiger partial charge in [0.25, 0.3) is 11.7 Å². The van der Waals surface area contributed by atoms with E-state index in [-0.39, 0.29) is 16.9 Å². The van der Waals surface area contributed by atoms with Gasteiger partial charge in [-0.2, -0.15) is 0 Å². The molecule has 1 fully saturated rings. The van der Waals surface area contributed by atoms with E-state index in [9.17, 15) is 19.1 Å². The van der Waals surface area contributed by atoms with Gasteiger partial charge in [0, 0.05) is 23.6 Å². The molecular formula is C24H19FN2O3. The molecule has 0 spiro atoms. The van der Waals surface area contributed by atoms with E-state index in [4.69, 9.17) is 0 Å². The van der Waals surface area contributed by atoms with Crippen LogP contribution < -0.4 is 4.90 Å². The summed E-state index contributed by atoms with van der Waals surface area (Å²) in [7, 11) is 0. The molecule has 30 heavy (non-hydrogen) atoms. The number of aromatic nitrogens is 1. The van der Waals surface area contributed by atoms with Crippen LogP contribution in [0.5, 0.6) is 0 Å². The molecular weight excluding hydrogens is 383 g/mol. The monoisotopic (exact) mass is 402 g/mol. The van der Waals surface area contributed by atoms with Gasteiger partial charge in [0.15, 0.2) is 0 Å². The Labute approximate surface area is 173 Å². The average molecular weight is 402 g/mol. The van der Waals surface area contributed by atoms with Crippen LogP contribution in [0.2, 0.25) is 0 Å². The zero-order valence-electron chi connectivity index (χ0n) is 16.5. The van der Waals surface area contributed by atoms with Crippen molar-refractivity contribution in [1.82, 2.24) is 4.98 Å². The highest BCUT2D eigenvalue weighted by molar-refractivity contribution is 6.51. The van der Waals surface area contributed by atoms with E-state index in [1.165, 1.54) is 29.2 Å². The third-order valence-corrected chi connectivity index (χ3v) is 5.20. The second kappa shape index (κ2) is 7.55. The minimum atomic E-state index is -0.834. The lowest BCUT2D eigenvalue weighted by Crippen LogP contribution is -2.30. The molecule has 1 aromatic heterocycles. The first-order chi connectivity index (χ1) is 14.4. The Kier molecular flexibility index (Phi) is 4.91. The number of halogens is 1. The molecule has 5 nitrogen and oxygen atoms in total. The van der Waals surface area contributed by atoms with Crippen LogP contribution in [0, 0.1) is 19.7 Å². The van der Waals surface area contributed by atoms with Crippen LogP contribution in [-0.2, 0) is 9.59 Å². The minimum absolute atomic E-state index is 0.0437. The molecule has 2 aromatic carbocycles. The summed E-state index contributed by atoms with van der Waals surface area (Å²) in [4.78, 5) is 31.5. The van der Waals surface area contributed by atoms with Crippen molar-refractivity contribution in [2.75, 3.05) is 4.90 Å². The molecule has 1 aliphatic heterocycles. The Balaban J connectivity index is 1.96. The number of hydrogen-bond acceptors (Lipinski definition) is 4. The molecule has 1 aliphatic rings. The number of hydrogen-bond donors (Lipinski definition) is 1. The van der Waals surface area contributed by atoms with Gasteiger partial charge < -0.3 is 5.11 Å². The Bertz CT molecular complexity index is 1170. The number of aliphatic hydroxyl groups excluding tert-OH is 1. The predicted molar refractivity (Wildman–Crippen MR) is 111 cm³/mol. The third kappa shape index (κ3) is 3.26. The van der Waals surface area contributed by atoms with Crippen LogP contribution in [0.15, 0.2) is 72.6 Å². The molecule has 1 N–H and O–H groups in total. The Morgan fingerprint density at radius 3 is 2.30 bits per heavy atom. The van der Waals surface area contributed by atoms with Gasteiger partial charge in [-0.15, -0.1) is 0 Å². The lowest BCUT2D eigenvalue weighted by Gasteiger charge is -2.27. The smallest absolute Gasteiger partial charge is 0.300 e. The molecule has 6 heteroatoms. The van der Waals surface area contributed by atoms with Crippen molar-refractivity contribution in [3.63, 3.8) is 0 Å². The highest BCUT2D eigenvalue weighted by atomic mass is 19.1. The zero-order chi connectivity index (χ0) is 21.4. The summed E-state index contributed by atoms with van der Waals surface area (Å²) in [5, 5.41) is 11.0. The van der Waals surface area contributed by atoms with Crippen molar-refractivity contribution in [3.05, 3.63) is 101 Å². The number of carbonyl (C=O) groups excluding carboxylic acids is 2. The zero-order valence-corrected chi connectivity index (χ0v) is 16.5. The predicted octanol–water partition coefficient (Wildman–Crippen LogP) is 4.46. The van der Waals surface area contributed by atoms with Gasteiger partial charge in [0.1, 0.15) is 11.6 Å². The Morgan fingerprint density at radius 2 is 1.67 bits per heavy atom. The molecule has 1 amide bonds. The summed E-state index contributed by atoms with van der Waals surface area (Å²) < 4.78 is 13.3. The third-order valence-electron chi connectivity index (χ3n) is 5.20. The molecule has 1 saturated heterocycles. The second-order valence-corrected chi connectivity index (χ2v) is 7.25. The number of amides is 1. The Hall–Kier alpha value is -3.80. The molecule has 0 bridgehead atoms. The molecule has 0 saturated carbocycles. The average Bonchev–Trinajstić information content (AvgIpc) is 3.00. The van der Waals surface area contributed by atoms with Gasteiger partial charge in [-0.1, -0.05) is 17.7 Å². The number of ketones is 1. The summed E-state index contributed by atoms with van der Waals surface area (Å²) in [5.74, 6) is -2.33. The normalized spacial score (nSPS) is 18.1. The van der Waals surface area contributed by atoms with Crippen LogP contribution in [0.25, 0.3) is 5.76 Å². The molecule has 150 valence electrons. The first kappa shape index (κ1) is 19.5. The van der Waals surface area contributed by atoms with Gasteiger partial charge in [-0.05, 0) is 67.4 Å². The van der Waals surface area contributed by atoms with Gasteiger partial charge in [0.05, 0.1) is 11.6 Å². The fourth-order valence-corrected chi connectivity index (χ4v) is 3.78. The molecule has 1 unspecified atom stereocenters. The molecule has 2 heterocycles. The van der Waals surface area contributed by atoms with Crippen LogP contribution in [0.1, 0.15) is 28.3 Å². The quantitative estimate of drug-likeness (QED) is 0.399. The number of nitrogens with zero attached hydrogens (tertiary/aromatic N) is 2. The minimum Gasteiger partial charge on any atom is -0.507 e. The maximum Gasteiger partial charge on any atom is 0.300 e. The maximum absolute atomic E-state index is 13.3. The first-order valence-electron chi connectivity index (χ1n) is 9.42. The van der Waals surface area contributed by atoms with E-state index in [1.54, 1.807) is 30.6 Å². The maximum atomic E-state index is 13.3. The molecule has 4 rings (SSSR count). The summed E-state index contributed by atoms with van der Waals surface area (Å²) in [6.07, 6.45) is 3.13. The van der Waals surface area contributed by atoms with Gasteiger partial charge in [0.2, 0.25) is 0 Å². The van der Waals surface area contributed by atoms with E-state index >= 15 is 0 Å². The highest BCUT2D eigenvalue weighted by Gasteiger charge is 2.47. The lowest BCUT2D eigenvalue weighted by atomic mass is 9.95. The first-order valence-corrected chi connectivity index (χ1v) is 9.42. The lowest BCUT2D eigenvalue weighted by molar-refractivity contribution is -0.132. The number of aryl methyl sites for hydroxylation is 2. The number of aliphatic hydroxyl groups is 1. The van der Waals surface area contributed by atoms with Crippen LogP contribution in [0.3, 0.4) is 0 Å². The summed E-state index contributed by atoms with van der Waals surface area (Å²) >= 11 is 0. The summed E-state index contributed by atoms with van der Waals surface area (Å²) in [6.45, 7) is 3.81. The van der Waals surface area contributed by atoms with E-state index in [0.29, 0.717) is 11.3 Å². The summed E-state index contributed by atoms with van der Waals surface area (Å²) in [6, 6.07) is 13.3. The second-order valence-electron chi connectivity index (χ2n) is 7.25. The SMILES string of the molecule is Cc1ccc(N2C(=O)C(=O)/C(=C(/O)c3ccc(F)cc3)C2c2ccncc2)c(C)c1. The number of rotatable bonds is 3. The van der Waals surface area contributed by atoms with E-state index in [2.05, 4.69) is 4.98 Å². The van der Waals surface area contributed by atoms with Crippen molar-refractivity contribution in [2.24, 2.45) is 0 Å². The van der Waals surface area contributed by atoms with Crippen molar-refractivity contribution in [1.29, 1.82) is 0 Å². The van der Waals surface area contributed by atoms with Gasteiger partial charge >= 0.3 is 0 Å². The van der Waals surface area contributed by atoms with Crippen molar-refractivity contribution in [3.8, 4) is 0 Å². The van der Waals surface area contributed by atoms with Gasteiger partial charge in [-0.25, -0.2) is 4.39 Å². The van der Waals surface area contributed by atoms with Crippen LogP contribution >= 0.6 is 0 Å². The Morgan fingerprint density at radius 1 is 1.00 bits per heavy atom. The van der Waals surface area contributed by atoms with Crippen molar-refractivity contribution >= 4 is 23.1 Å². The van der Waals surface area contributed by atoms with Gasteiger partial charge in [-0.3, -0.25) is 19.5 Å². The fourth-order valence-electron chi connectivity index (χ4n) is 3.78. The number of pyridine rings is 1. The van der Waals surface area contributed by atoms with Crippen molar-refractivity contribution < 1.29 is 19.1 Å². The number of anilines is 1. The van der Waals surface area contributed by atoms with Crippen molar-refractivity contribution in [2.45, 2.75) is 19.9 Å². The fraction of sp³-hybridized carbons (Fsp3) is 0.125. The standard InChI is InChI=1S/C24H19FN2O3/c1-14-3-8-19(15(2)13-14)27-21(16-9-11-26-12-10-16)20(23(29)24(27)30)22(28)17-4-6-18(25)7-5-17/h3-13,21,28H,1-2H3/b22-20+. The molecule has 3 aromatic rings. The molecule has 0 aliphatic carbocycles. The number of benzene rings is 2. The van der Waals surface area contributed by atoms with E-state index < -0.39 is 23.5 Å². The number of Topliss-reactive ketones (excluding diaryl/α,β-unsaturated/α-hetero) is 1.